The van der Waals surface area contributed by atoms with Crippen molar-refractivity contribution in [2.45, 2.75) is 53.1 Å². The lowest BCUT2D eigenvalue weighted by Gasteiger charge is -2.42. The van der Waals surface area contributed by atoms with E-state index in [9.17, 15) is 14.4 Å². The number of anilines is 1. The Balaban J connectivity index is 1.64. The van der Waals surface area contributed by atoms with Crippen LogP contribution in [-0.2, 0) is 13.1 Å². The first kappa shape index (κ1) is 23.7. The van der Waals surface area contributed by atoms with E-state index >= 15 is 0 Å². The van der Waals surface area contributed by atoms with E-state index in [-0.39, 0.29) is 18.5 Å². The highest BCUT2D eigenvalue weighted by Gasteiger charge is 2.39. The second-order valence-corrected chi connectivity index (χ2v) is 9.49. The van der Waals surface area contributed by atoms with Crippen LogP contribution in [0.15, 0.2) is 51.7 Å². The van der Waals surface area contributed by atoms with Gasteiger partial charge in [-0.15, -0.1) is 0 Å². The highest BCUT2D eigenvalue weighted by atomic mass is 35.5. The molecule has 180 valence electrons. The average Bonchev–Trinajstić information content (AvgIpc) is 3.05. The second kappa shape index (κ2) is 9.42. The number of fused-ring (bicyclic) bond motifs is 1. The molecule has 9 nitrogen and oxygen atoms in total. The number of hydrogen-bond donors (Lipinski definition) is 2. The number of oxazole rings is 1. The first-order valence-corrected chi connectivity index (χ1v) is 11.6. The molecule has 4 amide bonds. The van der Waals surface area contributed by atoms with Crippen LogP contribution >= 0.6 is 11.6 Å². The molecule has 1 saturated heterocycles. The fraction of sp³-hybridized carbons (Fsp3) is 0.375. The van der Waals surface area contributed by atoms with Crippen molar-refractivity contribution in [1.29, 1.82) is 0 Å². The Kier molecular flexibility index (Phi) is 6.56. The summed E-state index contributed by atoms with van der Waals surface area (Å²) in [7, 11) is 0. The third-order valence-corrected chi connectivity index (χ3v) is 5.80. The molecule has 0 bridgehead atoms. The summed E-state index contributed by atoms with van der Waals surface area (Å²) >= 11 is 6.00. The van der Waals surface area contributed by atoms with Crippen LogP contribution in [0.1, 0.15) is 33.3 Å². The van der Waals surface area contributed by atoms with Crippen molar-refractivity contribution in [3.05, 3.63) is 63.6 Å². The van der Waals surface area contributed by atoms with E-state index in [1.165, 1.54) is 9.80 Å². The van der Waals surface area contributed by atoms with Crippen molar-refractivity contribution >= 4 is 40.5 Å². The van der Waals surface area contributed by atoms with Crippen molar-refractivity contribution < 1.29 is 14.0 Å². The lowest BCUT2D eigenvalue weighted by molar-refractivity contribution is 0.0975. The predicted molar refractivity (Wildman–Crippen MR) is 131 cm³/mol. The molecule has 0 spiro atoms. The smallest absolute Gasteiger partial charge is 0.408 e. The fourth-order valence-corrected chi connectivity index (χ4v) is 4.09. The molecule has 2 aromatic carbocycles. The number of halogens is 1. The van der Waals surface area contributed by atoms with Crippen LogP contribution in [0, 0.1) is 5.92 Å². The third-order valence-electron chi connectivity index (χ3n) is 5.54. The fourth-order valence-electron chi connectivity index (χ4n) is 3.97. The molecular weight excluding hydrogens is 458 g/mol. The van der Waals surface area contributed by atoms with Crippen LogP contribution < -0.4 is 16.4 Å². The zero-order valence-electron chi connectivity index (χ0n) is 19.5. The van der Waals surface area contributed by atoms with Gasteiger partial charge in [-0.1, -0.05) is 37.6 Å². The van der Waals surface area contributed by atoms with Crippen LogP contribution in [0.3, 0.4) is 0 Å². The van der Waals surface area contributed by atoms with Crippen molar-refractivity contribution in [2.24, 2.45) is 5.92 Å². The van der Waals surface area contributed by atoms with Gasteiger partial charge >= 0.3 is 17.8 Å². The number of imide groups is 1. The third kappa shape index (κ3) is 4.75. The second-order valence-electron chi connectivity index (χ2n) is 9.05. The molecule has 1 aliphatic rings. The van der Waals surface area contributed by atoms with Gasteiger partial charge in [-0.25, -0.2) is 19.3 Å². The van der Waals surface area contributed by atoms with Gasteiger partial charge in [0.25, 0.3) is 0 Å². The zero-order valence-corrected chi connectivity index (χ0v) is 20.3. The van der Waals surface area contributed by atoms with Crippen LogP contribution in [0.2, 0.25) is 5.02 Å². The van der Waals surface area contributed by atoms with E-state index in [1.807, 2.05) is 26.0 Å². The maximum absolute atomic E-state index is 13.3. The Labute approximate surface area is 202 Å². The summed E-state index contributed by atoms with van der Waals surface area (Å²) in [5.41, 5.74) is 2.57. The topological polar surface area (TPSA) is 99.8 Å². The number of nitrogens with zero attached hydrogens (tertiary/aromatic N) is 3. The van der Waals surface area contributed by atoms with Crippen molar-refractivity contribution in [3.8, 4) is 0 Å². The number of benzene rings is 2. The van der Waals surface area contributed by atoms with E-state index in [1.54, 1.807) is 48.7 Å². The standard InChI is InChI=1S/C24H28ClN5O4/c1-14(2)12-28-19-10-9-18(11-20(19)34-24(28)33)26-21-27-22(31)30(15(3)4)23(32)29(21)13-16-5-7-17(25)8-6-16/h5-11,14-15,21,26H,12-13H2,1-4H3,(H,27,31). The van der Waals surface area contributed by atoms with Crippen LogP contribution in [0.25, 0.3) is 11.1 Å². The molecule has 1 atom stereocenters. The normalized spacial score (nSPS) is 16.6. The number of rotatable bonds is 7. The Morgan fingerprint density at radius 1 is 1.06 bits per heavy atom. The van der Waals surface area contributed by atoms with Gasteiger partial charge in [-0.05, 0) is 49.6 Å². The molecule has 1 unspecified atom stereocenters. The number of hydrogen-bond acceptors (Lipinski definition) is 5. The minimum Gasteiger partial charge on any atom is -0.408 e. The summed E-state index contributed by atoms with van der Waals surface area (Å²) in [6.45, 7) is 8.41. The largest absolute Gasteiger partial charge is 0.419 e. The molecule has 10 heteroatoms. The number of carbonyl (C=O) groups is 2. The molecule has 0 radical (unpaired) electrons. The quantitative estimate of drug-likeness (QED) is 0.507. The maximum atomic E-state index is 13.3. The minimum absolute atomic E-state index is 0.249. The highest BCUT2D eigenvalue weighted by molar-refractivity contribution is 6.30. The van der Waals surface area contributed by atoms with Gasteiger partial charge in [-0.2, -0.15) is 0 Å². The molecule has 0 saturated carbocycles. The van der Waals surface area contributed by atoms with Gasteiger partial charge in [-0.3, -0.25) is 14.8 Å². The summed E-state index contributed by atoms with van der Waals surface area (Å²) in [5.74, 6) is -0.135. The van der Waals surface area contributed by atoms with E-state index in [2.05, 4.69) is 10.6 Å². The van der Waals surface area contributed by atoms with Crippen LogP contribution in [0.5, 0.6) is 0 Å². The summed E-state index contributed by atoms with van der Waals surface area (Å²) in [6.07, 6.45) is -0.812. The van der Waals surface area contributed by atoms with E-state index in [4.69, 9.17) is 16.0 Å². The predicted octanol–water partition coefficient (Wildman–Crippen LogP) is 4.66. The van der Waals surface area contributed by atoms with Gasteiger partial charge in [0.05, 0.1) is 12.1 Å². The van der Waals surface area contributed by atoms with Gasteiger partial charge in [0, 0.05) is 29.4 Å². The highest BCUT2D eigenvalue weighted by Crippen LogP contribution is 2.23. The average molecular weight is 486 g/mol. The molecule has 1 aliphatic heterocycles. The summed E-state index contributed by atoms with van der Waals surface area (Å²) < 4.78 is 7.03. The number of nitrogens with one attached hydrogen (secondary N) is 2. The lowest BCUT2D eigenvalue weighted by atomic mass is 10.2. The Hall–Kier alpha value is -3.46. The van der Waals surface area contributed by atoms with Gasteiger partial charge < -0.3 is 9.73 Å². The van der Waals surface area contributed by atoms with E-state index in [0.29, 0.717) is 28.4 Å². The maximum Gasteiger partial charge on any atom is 0.419 e. The van der Waals surface area contributed by atoms with E-state index < -0.39 is 24.1 Å². The Bertz CT molecular complexity index is 1260. The molecule has 2 heterocycles. The number of urea groups is 2. The molecule has 4 rings (SSSR count). The molecule has 3 aromatic rings. The molecule has 0 aliphatic carbocycles. The number of amides is 4. The molecule has 34 heavy (non-hydrogen) atoms. The summed E-state index contributed by atoms with van der Waals surface area (Å²) in [4.78, 5) is 41.0. The molecule has 1 fully saturated rings. The first-order chi connectivity index (χ1) is 16.1. The van der Waals surface area contributed by atoms with Crippen LogP contribution in [-0.4, -0.2) is 38.8 Å². The summed E-state index contributed by atoms with van der Waals surface area (Å²) in [5, 5.41) is 6.65. The monoisotopic (exact) mass is 485 g/mol. The van der Waals surface area contributed by atoms with Gasteiger partial charge in [0.15, 0.2) is 11.9 Å². The Morgan fingerprint density at radius 3 is 2.41 bits per heavy atom. The SMILES string of the molecule is CC(C)Cn1c(=O)oc2cc(NC3NC(=O)N(C(C)C)C(=O)N3Cc3ccc(Cl)cc3)ccc21. The molecule has 2 N–H and O–H groups in total. The Morgan fingerprint density at radius 2 is 1.76 bits per heavy atom. The molecule has 1 aromatic heterocycles. The van der Waals surface area contributed by atoms with Crippen molar-refractivity contribution in [3.63, 3.8) is 0 Å². The van der Waals surface area contributed by atoms with Crippen molar-refractivity contribution in [2.75, 3.05) is 5.32 Å². The number of aromatic nitrogens is 1. The van der Waals surface area contributed by atoms with Crippen LogP contribution in [0.4, 0.5) is 15.3 Å². The van der Waals surface area contributed by atoms with Crippen molar-refractivity contribution in [1.82, 2.24) is 19.7 Å². The van der Waals surface area contributed by atoms with Gasteiger partial charge in [0.2, 0.25) is 0 Å². The zero-order chi connectivity index (χ0) is 24.6. The van der Waals surface area contributed by atoms with Gasteiger partial charge in [0.1, 0.15) is 0 Å². The first-order valence-electron chi connectivity index (χ1n) is 11.2. The lowest BCUT2D eigenvalue weighted by Crippen LogP contribution is -2.68. The molecular formula is C24H28ClN5O4. The summed E-state index contributed by atoms with van der Waals surface area (Å²) in [6, 6.07) is 11.2. The van der Waals surface area contributed by atoms with E-state index in [0.717, 1.165) is 5.56 Å². The number of carbonyl (C=O) groups excluding carboxylic acids is 2. The minimum atomic E-state index is -0.812.